The van der Waals surface area contributed by atoms with Crippen molar-refractivity contribution in [3.63, 3.8) is 0 Å². The summed E-state index contributed by atoms with van der Waals surface area (Å²) in [4.78, 5) is 8.32. The van der Waals surface area contributed by atoms with Gasteiger partial charge >= 0.3 is 0 Å². The van der Waals surface area contributed by atoms with Gasteiger partial charge in [0.2, 0.25) is 0 Å². The molecule has 150 valence electrons. The van der Waals surface area contributed by atoms with E-state index in [4.69, 9.17) is 32.7 Å². The normalized spacial score (nSPS) is 11.1. The van der Waals surface area contributed by atoms with E-state index in [1.807, 2.05) is 12.1 Å². The number of nitrogens with zero attached hydrogens (tertiary/aromatic N) is 2. The third-order valence-corrected chi connectivity index (χ3v) is 5.01. The minimum atomic E-state index is 0.414. The Kier molecular flexibility index (Phi) is 10.6. The van der Waals surface area contributed by atoms with Crippen molar-refractivity contribution < 1.29 is 9.47 Å². The third kappa shape index (κ3) is 7.71. The van der Waals surface area contributed by atoms with Crippen molar-refractivity contribution in [1.82, 2.24) is 9.97 Å². The van der Waals surface area contributed by atoms with Crippen molar-refractivity contribution in [1.29, 1.82) is 0 Å². The van der Waals surface area contributed by atoms with Gasteiger partial charge in [0.15, 0.2) is 11.5 Å². The van der Waals surface area contributed by atoms with Gasteiger partial charge < -0.3 is 9.47 Å². The monoisotopic (exact) mass is 412 g/mol. The van der Waals surface area contributed by atoms with E-state index in [-0.39, 0.29) is 0 Å². The molecule has 1 heterocycles. The van der Waals surface area contributed by atoms with E-state index in [0.717, 1.165) is 23.7 Å². The summed E-state index contributed by atoms with van der Waals surface area (Å²) in [5.74, 6) is 1.94. The Morgan fingerprint density at radius 3 is 2.15 bits per heavy atom. The topological polar surface area (TPSA) is 44.2 Å². The van der Waals surface area contributed by atoms with Crippen molar-refractivity contribution in [3.8, 4) is 11.5 Å². The molecule has 0 aliphatic carbocycles. The van der Waals surface area contributed by atoms with Gasteiger partial charge in [-0.3, -0.25) is 0 Å². The molecule has 0 aliphatic rings. The van der Waals surface area contributed by atoms with Gasteiger partial charge in [0, 0.05) is 17.3 Å². The molecule has 1 aromatic heterocycles. The second kappa shape index (κ2) is 13.0. The average molecular weight is 413 g/mol. The molecular weight excluding hydrogens is 383 g/mol. The average Bonchev–Trinajstić information content (AvgIpc) is 2.67. The minimum absolute atomic E-state index is 0.414. The first-order valence-electron chi connectivity index (χ1n) is 10.0. The standard InChI is InChI=1S/C21H30Cl2N2O2/c1-2-3-4-5-6-7-8-9-12-26-20-15-18-17(21(23)25-16-24-18)14-19(20)27-13-10-11-22/h14-16H,2-13H2,1H3. The fourth-order valence-electron chi connectivity index (χ4n) is 2.91. The lowest BCUT2D eigenvalue weighted by atomic mass is 10.1. The van der Waals surface area contributed by atoms with Gasteiger partial charge in [0.05, 0.1) is 18.7 Å². The number of aromatic nitrogens is 2. The summed E-state index contributed by atoms with van der Waals surface area (Å²) in [6.07, 6.45) is 12.4. The Morgan fingerprint density at radius 2 is 1.44 bits per heavy atom. The number of halogens is 2. The van der Waals surface area contributed by atoms with E-state index in [0.29, 0.717) is 35.7 Å². The van der Waals surface area contributed by atoms with Crippen molar-refractivity contribution in [2.75, 3.05) is 19.1 Å². The highest BCUT2D eigenvalue weighted by molar-refractivity contribution is 6.34. The van der Waals surface area contributed by atoms with Crippen LogP contribution in [0.2, 0.25) is 5.15 Å². The maximum absolute atomic E-state index is 6.18. The Hall–Kier alpha value is -1.26. The number of unbranched alkanes of at least 4 members (excludes halogenated alkanes) is 7. The molecule has 6 heteroatoms. The number of benzene rings is 1. The molecule has 4 nitrogen and oxygen atoms in total. The summed E-state index contributed by atoms with van der Waals surface area (Å²) >= 11 is 11.9. The van der Waals surface area contributed by atoms with E-state index in [1.165, 1.54) is 51.3 Å². The molecule has 2 aromatic rings. The second-order valence-corrected chi connectivity index (χ2v) is 7.43. The Morgan fingerprint density at radius 1 is 0.815 bits per heavy atom. The Bertz CT molecular complexity index is 683. The smallest absolute Gasteiger partial charge is 0.163 e. The zero-order valence-corrected chi connectivity index (χ0v) is 17.7. The van der Waals surface area contributed by atoms with Gasteiger partial charge in [-0.05, 0) is 18.9 Å². The molecule has 27 heavy (non-hydrogen) atoms. The van der Waals surface area contributed by atoms with Crippen molar-refractivity contribution in [2.45, 2.75) is 64.7 Å². The van der Waals surface area contributed by atoms with Crippen LogP contribution in [0, 0.1) is 0 Å². The number of alkyl halides is 1. The minimum Gasteiger partial charge on any atom is -0.490 e. The molecule has 0 spiro atoms. The van der Waals surface area contributed by atoms with Gasteiger partial charge in [-0.15, -0.1) is 11.6 Å². The fourth-order valence-corrected chi connectivity index (χ4v) is 3.22. The highest BCUT2D eigenvalue weighted by atomic mass is 35.5. The maximum Gasteiger partial charge on any atom is 0.163 e. The number of hydrogen-bond donors (Lipinski definition) is 0. The van der Waals surface area contributed by atoms with Crippen LogP contribution < -0.4 is 9.47 Å². The first-order chi connectivity index (χ1) is 13.3. The molecule has 0 atom stereocenters. The highest BCUT2D eigenvalue weighted by Crippen LogP contribution is 2.34. The summed E-state index contributed by atoms with van der Waals surface area (Å²) in [5.41, 5.74) is 0.755. The Labute approximate surface area is 172 Å². The Balaban J connectivity index is 1.88. The highest BCUT2D eigenvalue weighted by Gasteiger charge is 2.11. The largest absolute Gasteiger partial charge is 0.490 e. The maximum atomic E-state index is 6.18. The molecule has 0 N–H and O–H groups in total. The molecule has 0 unspecified atom stereocenters. The number of hydrogen-bond acceptors (Lipinski definition) is 4. The molecule has 0 aliphatic heterocycles. The van der Waals surface area contributed by atoms with Crippen LogP contribution in [-0.4, -0.2) is 29.1 Å². The molecule has 0 bridgehead atoms. The quantitative estimate of drug-likeness (QED) is 0.194. The molecule has 0 saturated carbocycles. The van der Waals surface area contributed by atoms with E-state index in [1.54, 1.807) is 0 Å². The summed E-state index contributed by atoms with van der Waals surface area (Å²) < 4.78 is 11.8. The van der Waals surface area contributed by atoms with Crippen LogP contribution in [0.25, 0.3) is 10.9 Å². The van der Waals surface area contributed by atoms with Crippen LogP contribution in [-0.2, 0) is 0 Å². The summed E-state index contributed by atoms with van der Waals surface area (Å²) in [7, 11) is 0. The van der Waals surface area contributed by atoms with Gasteiger partial charge in [-0.1, -0.05) is 63.5 Å². The first-order valence-corrected chi connectivity index (χ1v) is 10.9. The third-order valence-electron chi connectivity index (χ3n) is 4.44. The fraction of sp³-hybridized carbons (Fsp3) is 0.619. The SMILES string of the molecule is CCCCCCCCCCOc1cc2ncnc(Cl)c2cc1OCCCCl. The predicted octanol–water partition coefficient (Wildman–Crippen LogP) is 6.81. The van der Waals surface area contributed by atoms with E-state index >= 15 is 0 Å². The molecule has 0 amide bonds. The van der Waals surface area contributed by atoms with E-state index < -0.39 is 0 Å². The van der Waals surface area contributed by atoms with Crippen LogP contribution in [0.15, 0.2) is 18.5 Å². The molecule has 2 rings (SSSR count). The molecule has 0 saturated heterocycles. The number of ether oxygens (including phenoxy) is 2. The van der Waals surface area contributed by atoms with Crippen molar-refractivity contribution in [3.05, 3.63) is 23.6 Å². The lowest BCUT2D eigenvalue weighted by Gasteiger charge is -2.14. The van der Waals surface area contributed by atoms with Gasteiger partial charge in [-0.2, -0.15) is 0 Å². The van der Waals surface area contributed by atoms with Crippen LogP contribution in [0.4, 0.5) is 0 Å². The van der Waals surface area contributed by atoms with Gasteiger partial charge in [-0.25, -0.2) is 9.97 Å². The van der Waals surface area contributed by atoms with E-state index in [9.17, 15) is 0 Å². The van der Waals surface area contributed by atoms with Crippen molar-refractivity contribution >= 4 is 34.1 Å². The predicted molar refractivity (Wildman–Crippen MR) is 113 cm³/mol. The lowest BCUT2D eigenvalue weighted by molar-refractivity contribution is 0.264. The molecule has 0 fully saturated rings. The van der Waals surface area contributed by atoms with Gasteiger partial charge in [0.1, 0.15) is 11.5 Å². The zero-order valence-electron chi connectivity index (χ0n) is 16.2. The molecular formula is C21H30Cl2N2O2. The second-order valence-electron chi connectivity index (χ2n) is 6.69. The summed E-state index contributed by atoms with van der Waals surface area (Å²) in [6.45, 7) is 3.46. The number of fused-ring (bicyclic) bond motifs is 1. The lowest BCUT2D eigenvalue weighted by Crippen LogP contribution is -2.03. The van der Waals surface area contributed by atoms with Crippen LogP contribution >= 0.6 is 23.2 Å². The molecule has 0 radical (unpaired) electrons. The van der Waals surface area contributed by atoms with Crippen LogP contribution in [0.3, 0.4) is 0 Å². The summed E-state index contributed by atoms with van der Waals surface area (Å²) in [5, 5.41) is 1.18. The van der Waals surface area contributed by atoms with E-state index in [2.05, 4.69) is 16.9 Å². The van der Waals surface area contributed by atoms with Crippen LogP contribution in [0.5, 0.6) is 11.5 Å². The van der Waals surface area contributed by atoms with Gasteiger partial charge in [0.25, 0.3) is 0 Å². The molecule has 1 aromatic carbocycles. The first kappa shape index (κ1) is 22.0. The summed E-state index contributed by atoms with van der Waals surface area (Å²) in [6, 6.07) is 3.73. The number of rotatable bonds is 14. The van der Waals surface area contributed by atoms with Crippen LogP contribution in [0.1, 0.15) is 64.7 Å². The van der Waals surface area contributed by atoms with Crippen molar-refractivity contribution in [2.24, 2.45) is 0 Å². The zero-order chi connectivity index (χ0) is 19.3.